The van der Waals surface area contributed by atoms with E-state index >= 15 is 0 Å². The minimum atomic E-state index is -2.93. The molecule has 0 saturated heterocycles. The summed E-state index contributed by atoms with van der Waals surface area (Å²) in [5.74, 6) is -2.44. The Bertz CT molecular complexity index is 1090. The zero-order valence-corrected chi connectivity index (χ0v) is 19.4. The summed E-state index contributed by atoms with van der Waals surface area (Å²) in [6.45, 7) is 12.0. The Hall–Kier alpha value is -3.04. The number of hydrogen-bond donors (Lipinski definition) is 0. The van der Waals surface area contributed by atoms with Crippen molar-refractivity contribution in [3.05, 3.63) is 24.7 Å². The third kappa shape index (κ3) is 6.02. The van der Waals surface area contributed by atoms with Gasteiger partial charge in [0.15, 0.2) is 18.0 Å². The van der Waals surface area contributed by atoms with Crippen molar-refractivity contribution in [1.29, 1.82) is 0 Å². The molecule has 0 unspecified atom stereocenters. The van der Waals surface area contributed by atoms with Crippen LogP contribution in [0.4, 0.5) is 8.78 Å². The molecule has 0 fully saturated rings. The molecule has 32 heavy (non-hydrogen) atoms. The van der Waals surface area contributed by atoms with E-state index < -0.39 is 23.7 Å². The summed E-state index contributed by atoms with van der Waals surface area (Å²) in [6, 6.07) is 1.68. The molecule has 0 atom stereocenters. The molecule has 0 spiro atoms. The molecular formula is C22H29F2N5O3. The summed E-state index contributed by atoms with van der Waals surface area (Å²) in [5.41, 5.74) is 0.236. The molecular weight excluding hydrogens is 420 g/mol. The van der Waals surface area contributed by atoms with E-state index in [0.717, 1.165) is 0 Å². The Morgan fingerprint density at radius 3 is 2.31 bits per heavy atom. The zero-order chi connectivity index (χ0) is 23.7. The fourth-order valence-electron chi connectivity index (χ4n) is 2.62. The summed E-state index contributed by atoms with van der Waals surface area (Å²) in [4.78, 5) is 13.3. The molecule has 174 valence electrons. The van der Waals surface area contributed by atoms with Gasteiger partial charge in [0.1, 0.15) is 11.2 Å². The van der Waals surface area contributed by atoms with Crippen molar-refractivity contribution in [2.24, 2.45) is 0 Å². The Labute approximate surface area is 186 Å². The highest BCUT2D eigenvalue weighted by Gasteiger charge is 2.28. The van der Waals surface area contributed by atoms with Gasteiger partial charge in [-0.3, -0.25) is 0 Å². The number of hydrogen-bond acceptors (Lipinski definition) is 7. The summed E-state index contributed by atoms with van der Waals surface area (Å²) in [5, 5.41) is 4.20. The predicted octanol–water partition coefficient (Wildman–Crippen LogP) is 4.97. The third-order valence-electron chi connectivity index (χ3n) is 4.09. The predicted molar refractivity (Wildman–Crippen MR) is 116 cm³/mol. The second kappa shape index (κ2) is 8.48. The maximum Gasteiger partial charge on any atom is 0.320 e. The van der Waals surface area contributed by atoms with E-state index in [-0.39, 0.29) is 24.1 Å². The molecule has 0 amide bonds. The molecule has 8 nitrogen and oxygen atoms in total. The van der Waals surface area contributed by atoms with Gasteiger partial charge in [-0.15, -0.1) is 0 Å². The lowest BCUT2D eigenvalue weighted by Gasteiger charge is -2.23. The van der Waals surface area contributed by atoms with E-state index in [9.17, 15) is 8.78 Å². The smallest absolute Gasteiger partial charge is 0.320 e. The van der Waals surface area contributed by atoms with Crippen LogP contribution in [0, 0.1) is 0 Å². The highest BCUT2D eigenvalue weighted by atomic mass is 19.3. The lowest BCUT2D eigenvalue weighted by Crippen LogP contribution is -2.26. The number of imidazole rings is 1. The van der Waals surface area contributed by atoms with E-state index in [1.807, 2.05) is 41.5 Å². The molecule has 0 radical (unpaired) electrons. The van der Waals surface area contributed by atoms with Crippen LogP contribution in [0.25, 0.3) is 16.9 Å². The van der Waals surface area contributed by atoms with Crippen molar-refractivity contribution < 1.29 is 23.0 Å². The first-order chi connectivity index (χ1) is 14.8. The van der Waals surface area contributed by atoms with Gasteiger partial charge in [-0.05, 0) is 41.5 Å². The topological polar surface area (TPSA) is 83.7 Å². The molecule has 0 saturated carbocycles. The average molecular weight is 450 g/mol. The Morgan fingerprint density at radius 2 is 1.69 bits per heavy atom. The van der Waals surface area contributed by atoms with E-state index in [1.54, 1.807) is 12.4 Å². The standard InChI is InChI=1S/C22H29F2N5O3/c1-8-22(23,24)13-30-16-9-10-26-29-12-15(27-17(16)29)14-11-25-19(32-21(5,6)7)28-18(14)31-20(2,3)4/h9-12H,8,13H2,1-7H3. The van der Waals surface area contributed by atoms with Crippen LogP contribution in [0.1, 0.15) is 54.9 Å². The van der Waals surface area contributed by atoms with Gasteiger partial charge in [-0.25, -0.2) is 23.3 Å². The molecule has 0 aliphatic carbocycles. The highest BCUT2D eigenvalue weighted by Crippen LogP contribution is 2.33. The Balaban J connectivity index is 2.02. The van der Waals surface area contributed by atoms with Crippen LogP contribution in [-0.2, 0) is 0 Å². The molecule has 10 heteroatoms. The summed E-state index contributed by atoms with van der Waals surface area (Å²) in [6.07, 6.45) is 4.34. The van der Waals surface area contributed by atoms with Crippen LogP contribution in [-0.4, -0.2) is 48.3 Å². The van der Waals surface area contributed by atoms with E-state index in [1.165, 1.54) is 23.7 Å². The first-order valence-electron chi connectivity index (χ1n) is 10.4. The van der Waals surface area contributed by atoms with Crippen LogP contribution in [0.3, 0.4) is 0 Å². The number of halogens is 2. The maximum absolute atomic E-state index is 13.7. The van der Waals surface area contributed by atoms with Crippen LogP contribution >= 0.6 is 0 Å². The van der Waals surface area contributed by atoms with Crippen LogP contribution in [0.5, 0.6) is 17.6 Å². The summed E-state index contributed by atoms with van der Waals surface area (Å²) in [7, 11) is 0. The van der Waals surface area contributed by atoms with Crippen molar-refractivity contribution in [2.75, 3.05) is 6.61 Å². The van der Waals surface area contributed by atoms with Gasteiger partial charge in [0.05, 0.1) is 23.7 Å². The molecule has 0 aromatic carbocycles. The Morgan fingerprint density at radius 1 is 1.00 bits per heavy atom. The van der Waals surface area contributed by atoms with Crippen molar-refractivity contribution in [3.63, 3.8) is 0 Å². The fraction of sp³-hybridized carbons (Fsp3) is 0.545. The van der Waals surface area contributed by atoms with Gasteiger partial charge < -0.3 is 14.2 Å². The molecule has 0 N–H and O–H groups in total. The average Bonchev–Trinajstić information content (AvgIpc) is 3.08. The third-order valence-corrected chi connectivity index (χ3v) is 4.09. The summed E-state index contributed by atoms with van der Waals surface area (Å²) >= 11 is 0. The van der Waals surface area contributed by atoms with Gasteiger partial charge >= 0.3 is 6.01 Å². The van der Waals surface area contributed by atoms with Gasteiger partial charge in [0.2, 0.25) is 5.88 Å². The number of rotatable bonds is 7. The summed E-state index contributed by atoms with van der Waals surface area (Å²) < 4.78 is 45.9. The highest BCUT2D eigenvalue weighted by molar-refractivity contribution is 5.68. The second-order valence-electron chi connectivity index (χ2n) is 9.39. The van der Waals surface area contributed by atoms with Crippen molar-refractivity contribution in [1.82, 2.24) is 24.6 Å². The molecule has 3 aromatic rings. The van der Waals surface area contributed by atoms with E-state index in [4.69, 9.17) is 14.2 Å². The SMILES string of the molecule is CCC(F)(F)COc1ccnn2cc(-c3cnc(OC(C)(C)C)nc3OC(C)(C)C)nc12. The molecule has 3 aromatic heterocycles. The van der Waals surface area contributed by atoms with E-state index in [0.29, 0.717) is 16.9 Å². The molecule has 0 aliphatic heterocycles. The first kappa shape index (κ1) is 23.6. The largest absolute Gasteiger partial charge is 0.483 e. The number of fused-ring (bicyclic) bond motifs is 1. The Kier molecular flexibility index (Phi) is 6.26. The number of alkyl halides is 2. The lowest BCUT2D eigenvalue weighted by molar-refractivity contribution is -0.0433. The zero-order valence-electron chi connectivity index (χ0n) is 19.4. The van der Waals surface area contributed by atoms with Gasteiger partial charge in [0, 0.05) is 18.7 Å². The molecule has 0 bridgehead atoms. The molecule has 0 aliphatic rings. The van der Waals surface area contributed by atoms with Crippen LogP contribution in [0.2, 0.25) is 0 Å². The minimum absolute atomic E-state index is 0.174. The first-order valence-corrected chi connectivity index (χ1v) is 10.4. The van der Waals surface area contributed by atoms with Crippen LogP contribution in [0.15, 0.2) is 24.7 Å². The number of nitrogens with zero attached hydrogens (tertiary/aromatic N) is 5. The lowest BCUT2D eigenvalue weighted by atomic mass is 10.2. The fourth-order valence-corrected chi connectivity index (χ4v) is 2.62. The minimum Gasteiger partial charge on any atom is -0.483 e. The number of ether oxygens (including phenoxy) is 3. The van der Waals surface area contributed by atoms with Crippen molar-refractivity contribution >= 4 is 5.65 Å². The number of aromatic nitrogens is 5. The van der Waals surface area contributed by atoms with Gasteiger partial charge in [0.25, 0.3) is 5.92 Å². The van der Waals surface area contributed by atoms with Crippen molar-refractivity contribution in [2.45, 2.75) is 72.0 Å². The van der Waals surface area contributed by atoms with E-state index in [2.05, 4.69) is 20.1 Å². The molecule has 3 rings (SSSR count). The molecule has 3 heterocycles. The maximum atomic E-state index is 13.7. The van der Waals surface area contributed by atoms with Gasteiger partial charge in [-0.1, -0.05) is 6.92 Å². The monoisotopic (exact) mass is 449 g/mol. The second-order valence-corrected chi connectivity index (χ2v) is 9.39. The quantitative estimate of drug-likeness (QED) is 0.504. The van der Waals surface area contributed by atoms with Crippen molar-refractivity contribution in [3.8, 4) is 28.9 Å². The van der Waals surface area contributed by atoms with Gasteiger partial charge in [-0.2, -0.15) is 10.1 Å². The van der Waals surface area contributed by atoms with Crippen LogP contribution < -0.4 is 14.2 Å². The normalized spacial score (nSPS) is 12.8.